The highest BCUT2D eigenvalue weighted by Gasteiger charge is 2.16. The number of carbonyl (C=O) groups excluding carboxylic acids is 2. The van der Waals surface area contributed by atoms with Crippen LogP contribution >= 0.6 is 11.6 Å². The van der Waals surface area contributed by atoms with Gasteiger partial charge in [0, 0.05) is 5.69 Å². The first-order valence-electron chi connectivity index (χ1n) is 9.45. The SMILES string of the molecule is CCOc1cc(/C=C(\C#N)C(=O)Nc2ccc(C)cc2C)cc(Cl)c1OCC(=O)OC. The van der Waals surface area contributed by atoms with Gasteiger partial charge in [0.25, 0.3) is 5.91 Å². The molecule has 0 heterocycles. The highest BCUT2D eigenvalue weighted by atomic mass is 35.5. The van der Waals surface area contributed by atoms with E-state index in [4.69, 9.17) is 21.1 Å². The number of benzene rings is 2. The molecule has 8 heteroatoms. The van der Waals surface area contributed by atoms with Gasteiger partial charge in [-0.1, -0.05) is 29.3 Å². The topological polar surface area (TPSA) is 97.6 Å². The fourth-order valence-electron chi connectivity index (χ4n) is 2.72. The number of esters is 1. The third kappa shape index (κ3) is 6.49. The predicted molar refractivity (Wildman–Crippen MR) is 118 cm³/mol. The van der Waals surface area contributed by atoms with Gasteiger partial charge in [-0.3, -0.25) is 4.79 Å². The van der Waals surface area contributed by atoms with E-state index in [1.165, 1.54) is 19.3 Å². The van der Waals surface area contributed by atoms with Gasteiger partial charge in [-0.25, -0.2) is 4.79 Å². The largest absolute Gasteiger partial charge is 0.490 e. The summed E-state index contributed by atoms with van der Waals surface area (Å²) in [7, 11) is 1.25. The number of nitrogens with zero attached hydrogens (tertiary/aromatic N) is 1. The molecule has 2 aromatic carbocycles. The van der Waals surface area contributed by atoms with E-state index in [-0.39, 0.29) is 28.7 Å². The zero-order valence-electron chi connectivity index (χ0n) is 17.7. The summed E-state index contributed by atoms with van der Waals surface area (Å²) in [6.07, 6.45) is 1.40. The molecule has 0 atom stereocenters. The standard InChI is InChI=1S/C23H23ClN2O5/c1-5-30-20-11-16(10-18(24)22(20)31-13-21(27)29-4)9-17(12-25)23(28)26-19-7-6-14(2)8-15(19)3/h6-11H,5,13H2,1-4H3,(H,26,28)/b17-9+. The summed E-state index contributed by atoms with van der Waals surface area (Å²) in [4.78, 5) is 24.0. The second-order valence-electron chi connectivity index (χ2n) is 6.57. The molecule has 0 fully saturated rings. The van der Waals surface area contributed by atoms with Crippen LogP contribution in [0.1, 0.15) is 23.6 Å². The lowest BCUT2D eigenvalue weighted by atomic mass is 10.1. The number of rotatable bonds is 8. The van der Waals surface area contributed by atoms with Gasteiger partial charge in [-0.05, 0) is 56.2 Å². The van der Waals surface area contributed by atoms with Gasteiger partial charge in [0.2, 0.25) is 0 Å². The van der Waals surface area contributed by atoms with Crippen LogP contribution in [0.2, 0.25) is 5.02 Å². The van der Waals surface area contributed by atoms with Crippen molar-refractivity contribution < 1.29 is 23.8 Å². The van der Waals surface area contributed by atoms with Crippen molar-refractivity contribution in [3.05, 3.63) is 57.6 Å². The third-order valence-corrected chi connectivity index (χ3v) is 4.48. The van der Waals surface area contributed by atoms with Crippen molar-refractivity contribution in [3.8, 4) is 17.6 Å². The third-order valence-electron chi connectivity index (χ3n) is 4.20. The van der Waals surface area contributed by atoms with E-state index in [0.717, 1.165) is 11.1 Å². The zero-order valence-corrected chi connectivity index (χ0v) is 18.5. The number of anilines is 1. The van der Waals surface area contributed by atoms with Crippen molar-refractivity contribution in [1.29, 1.82) is 5.26 Å². The monoisotopic (exact) mass is 442 g/mol. The molecular weight excluding hydrogens is 420 g/mol. The Balaban J connectivity index is 2.33. The first-order valence-corrected chi connectivity index (χ1v) is 9.83. The van der Waals surface area contributed by atoms with E-state index < -0.39 is 11.9 Å². The Labute approximate surface area is 186 Å². The summed E-state index contributed by atoms with van der Waals surface area (Å²) in [5.74, 6) is -0.673. The van der Waals surface area contributed by atoms with E-state index in [2.05, 4.69) is 10.1 Å². The summed E-state index contributed by atoms with van der Waals surface area (Å²) >= 11 is 6.30. The van der Waals surface area contributed by atoms with Crippen molar-refractivity contribution in [2.24, 2.45) is 0 Å². The van der Waals surface area contributed by atoms with Crippen LogP contribution in [-0.4, -0.2) is 32.2 Å². The van der Waals surface area contributed by atoms with Crippen molar-refractivity contribution in [1.82, 2.24) is 0 Å². The number of amides is 1. The lowest BCUT2D eigenvalue weighted by molar-refractivity contribution is -0.142. The smallest absolute Gasteiger partial charge is 0.343 e. The number of hydrogen-bond acceptors (Lipinski definition) is 6. The molecule has 2 rings (SSSR count). The van der Waals surface area contributed by atoms with Crippen molar-refractivity contribution >= 4 is 35.2 Å². The van der Waals surface area contributed by atoms with Crippen molar-refractivity contribution in [2.45, 2.75) is 20.8 Å². The molecule has 1 N–H and O–H groups in total. The number of methoxy groups -OCH3 is 1. The average molecular weight is 443 g/mol. The molecular formula is C23H23ClN2O5. The van der Waals surface area contributed by atoms with E-state index in [1.54, 1.807) is 19.1 Å². The lowest BCUT2D eigenvalue weighted by Crippen LogP contribution is -2.14. The summed E-state index contributed by atoms with van der Waals surface area (Å²) in [5, 5.41) is 12.4. The number of nitrogens with one attached hydrogen (secondary N) is 1. The fraction of sp³-hybridized carbons (Fsp3) is 0.261. The second-order valence-corrected chi connectivity index (χ2v) is 6.98. The highest BCUT2D eigenvalue weighted by molar-refractivity contribution is 6.32. The normalized spacial score (nSPS) is 10.8. The van der Waals surface area contributed by atoms with Gasteiger partial charge < -0.3 is 19.5 Å². The maximum absolute atomic E-state index is 12.6. The van der Waals surface area contributed by atoms with Gasteiger partial charge >= 0.3 is 5.97 Å². The number of nitriles is 1. The maximum atomic E-state index is 12.6. The lowest BCUT2D eigenvalue weighted by Gasteiger charge is -2.14. The molecule has 0 aliphatic heterocycles. The van der Waals surface area contributed by atoms with Gasteiger partial charge in [0.1, 0.15) is 11.6 Å². The number of hydrogen-bond donors (Lipinski definition) is 1. The first kappa shape index (κ1) is 23.8. The first-order chi connectivity index (χ1) is 14.8. The van der Waals surface area contributed by atoms with Gasteiger partial charge in [-0.15, -0.1) is 0 Å². The molecule has 0 saturated carbocycles. The molecule has 7 nitrogen and oxygen atoms in total. The summed E-state index contributed by atoms with van der Waals surface area (Å²) in [6.45, 7) is 5.58. The Kier molecular flexibility index (Phi) is 8.47. The van der Waals surface area contributed by atoms with Crippen LogP contribution in [0.4, 0.5) is 5.69 Å². The number of ether oxygens (including phenoxy) is 3. The van der Waals surface area contributed by atoms with Crippen LogP contribution in [0.3, 0.4) is 0 Å². The molecule has 0 aliphatic carbocycles. The summed E-state index contributed by atoms with van der Waals surface area (Å²) in [5.41, 5.74) is 2.93. The molecule has 0 aliphatic rings. The minimum atomic E-state index is -0.572. The number of halogens is 1. The Hall–Kier alpha value is -3.50. The fourth-order valence-corrected chi connectivity index (χ4v) is 3.00. The maximum Gasteiger partial charge on any atom is 0.343 e. The minimum Gasteiger partial charge on any atom is -0.490 e. The molecule has 0 saturated heterocycles. The molecule has 0 spiro atoms. The van der Waals surface area contributed by atoms with Crippen molar-refractivity contribution in [3.63, 3.8) is 0 Å². The van der Waals surface area contributed by atoms with Gasteiger partial charge in [-0.2, -0.15) is 5.26 Å². The van der Waals surface area contributed by atoms with Crippen LogP contribution in [0.5, 0.6) is 11.5 Å². The Morgan fingerprint density at radius 2 is 1.94 bits per heavy atom. The van der Waals surface area contributed by atoms with Crippen LogP contribution in [-0.2, 0) is 14.3 Å². The Morgan fingerprint density at radius 3 is 2.55 bits per heavy atom. The quantitative estimate of drug-likeness (QED) is 0.368. The van der Waals surface area contributed by atoms with Crippen LogP contribution < -0.4 is 14.8 Å². The number of carbonyl (C=O) groups is 2. The van der Waals surface area contributed by atoms with Crippen LogP contribution in [0, 0.1) is 25.2 Å². The Bertz CT molecular complexity index is 1060. The summed E-state index contributed by atoms with van der Waals surface area (Å²) in [6, 6.07) is 10.6. The predicted octanol–water partition coefficient (Wildman–Crippen LogP) is 4.45. The molecule has 1 amide bonds. The molecule has 2 aromatic rings. The zero-order chi connectivity index (χ0) is 23.0. The molecule has 31 heavy (non-hydrogen) atoms. The molecule has 0 bridgehead atoms. The Morgan fingerprint density at radius 1 is 1.19 bits per heavy atom. The minimum absolute atomic E-state index is 0.110. The highest BCUT2D eigenvalue weighted by Crippen LogP contribution is 2.37. The summed E-state index contributed by atoms with van der Waals surface area (Å²) < 4.78 is 15.5. The average Bonchev–Trinajstić information content (AvgIpc) is 2.73. The molecule has 162 valence electrons. The van der Waals surface area contributed by atoms with E-state index >= 15 is 0 Å². The van der Waals surface area contributed by atoms with E-state index in [1.807, 2.05) is 32.0 Å². The second kappa shape index (κ2) is 11.0. The molecule has 0 radical (unpaired) electrons. The number of aryl methyl sites for hydroxylation is 2. The van der Waals surface area contributed by atoms with Gasteiger partial charge in [0.05, 0.1) is 18.7 Å². The van der Waals surface area contributed by atoms with Crippen LogP contribution in [0.15, 0.2) is 35.9 Å². The van der Waals surface area contributed by atoms with E-state index in [9.17, 15) is 14.9 Å². The van der Waals surface area contributed by atoms with E-state index in [0.29, 0.717) is 17.9 Å². The molecule has 0 unspecified atom stereocenters. The molecule has 0 aromatic heterocycles. The van der Waals surface area contributed by atoms with Crippen molar-refractivity contribution in [2.75, 3.05) is 25.6 Å². The van der Waals surface area contributed by atoms with Crippen LogP contribution in [0.25, 0.3) is 6.08 Å². The van der Waals surface area contributed by atoms with Gasteiger partial charge in [0.15, 0.2) is 18.1 Å².